The van der Waals surface area contributed by atoms with Crippen LogP contribution in [0.4, 0.5) is 0 Å². The SMILES string of the molecule is CC1CC(C)CC(C(N)c2ccco2)C1. The molecule has 1 saturated carbocycles. The minimum atomic E-state index is 0.0881. The smallest absolute Gasteiger partial charge is 0.120 e. The molecule has 3 unspecified atom stereocenters. The molecule has 3 atom stereocenters. The first-order valence-electron chi connectivity index (χ1n) is 5.95. The number of hydrogen-bond donors (Lipinski definition) is 1. The fourth-order valence-corrected chi connectivity index (χ4v) is 3.02. The standard InChI is InChI=1S/C13H21NO/c1-9-6-10(2)8-11(7-9)13(14)12-4-3-5-15-12/h3-5,9-11,13H,6-8,14H2,1-2H3. The van der Waals surface area contributed by atoms with Gasteiger partial charge in [0.15, 0.2) is 0 Å². The van der Waals surface area contributed by atoms with E-state index in [2.05, 4.69) is 13.8 Å². The summed E-state index contributed by atoms with van der Waals surface area (Å²) in [7, 11) is 0. The topological polar surface area (TPSA) is 39.2 Å². The molecule has 0 aliphatic heterocycles. The third kappa shape index (κ3) is 2.43. The summed E-state index contributed by atoms with van der Waals surface area (Å²) in [5.74, 6) is 3.15. The van der Waals surface area contributed by atoms with Crippen LogP contribution in [0.15, 0.2) is 22.8 Å². The zero-order valence-corrected chi connectivity index (χ0v) is 9.65. The van der Waals surface area contributed by atoms with Crippen LogP contribution in [0, 0.1) is 17.8 Å². The van der Waals surface area contributed by atoms with Gasteiger partial charge in [-0.25, -0.2) is 0 Å². The number of rotatable bonds is 2. The van der Waals surface area contributed by atoms with Crippen molar-refractivity contribution in [1.82, 2.24) is 0 Å². The molecule has 84 valence electrons. The number of furan rings is 1. The van der Waals surface area contributed by atoms with Crippen LogP contribution in [-0.4, -0.2) is 0 Å². The van der Waals surface area contributed by atoms with Gasteiger partial charge < -0.3 is 10.2 Å². The second kappa shape index (κ2) is 4.40. The Bertz CT molecular complexity index is 283. The second-order valence-electron chi connectivity index (χ2n) is 5.22. The molecule has 0 radical (unpaired) electrons. The largest absolute Gasteiger partial charge is 0.468 e. The van der Waals surface area contributed by atoms with E-state index >= 15 is 0 Å². The van der Waals surface area contributed by atoms with Crippen LogP contribution in [0.3, 0.4) is 0 Å². The molecule has 0 spiro atoms. The highest BCUT2D eigenvalue weighted by Gasteiger charge is 2.29. The van der Waals surface area contributed by atoms with Gasteiger partial charge in [-0.15, -0.1) is 0 Å². The maximum atomic E-state index is 6.24. The molecule has 1 aromatic rings. The van der Waals surface area contributed by atoms with Gasteiger partial charge in [0, 0.05) is 0 Å². The van der Waals surface area contributed by atoms with Gasteiger partial charge in [0.1, 0.15) is 5.76 Å². The average Bonchev–Trinajstić information content (AvgIpc) is 2.67. The van der Waals surface area contributed by atoms with Gasteiger partial charge in [0.05, 0.1) is 12.3 Å². The van der Waals surface area contributed by atoms with Crippen molar-refractivity contribution >= 4 is 0 Å². The van der Waals surface area contributed by atoms with E-state index in [1.165, 1.54) is 19.3 Å². The maximum absolute atomic E-state index is 6.24. The number of hydrogen-bond acceptors (Lipinski definition) is 2. The molecule has 2 rings (SSSR count). The highest BCUT2D eigenvalue weighted by Crippen LogP contribution is 2.38. The lowest BCUT2D eigenvalue weighted by molar-refractivity contribution is 0.183. The van der Waals surface area contributed by atoms with Crippen molar-refractivity contribution in [2.24, 2.45) is 23.5 Å². The van der Waals surface area contributed by atoms with E-state index in [1.54, 1.807) is 6.26 Å². The average molecular weight is 207 g/mol. The Balaban J connectivity index is 2.03. The highest BCUT2D eigenvalue weighted by molar-refractivity contribution is 5.05. The summed E-state index contributed by atoms with van der Waals surface area (Å²) in [5, 5.41) is 0. The molecular weight excluding hydrogens is 186 g/mol. The van der Waals surface area contributed by atoms with Crippen LogP contribution in [0.5, 0.6) is 0 Å². The molecule has 2 nitrogen and oxygen atoms in total. The van der Waals surface area contributed by atoms with Gasteiger partial charge in [-0.1, -0.05) is 13.8 Å². The first-order valence-corrected chi connectivity index (χ1v) is 5.95. The van der Waals surface area contributed by atoms with Crippen molar-refractivity contribution < 1.29 is 4.42 Å². The maximum Gasteiger partial charge on any atom is 0.120 e. The Morgan fingerprint density at radius 2 is 1.93 bits per heavy atom. The fraction of sp³-hybridized carbons (Fsp3) is 0.692. The van der Waals surface area contributed by atoms with Crippen molar-refractivity contribution in [3.05, 3.63) is 24.2 Å². The van der Waals surface area contributed by atoms with Gasteiger partial charge in [0.2, 0.25) is 0 Å². The third-order valence-corrected chi connectivity index (χ3v) is 3.59. The summed E-state index contributed by atoms with van der Waals surface area (Å²) in [4.78, 5) is 0. The number of nitrogens with two attached hydrogens (primary N) is 1. The molecule has 1 heterocycles. The Kier molecular flexibility index (Phi) is 3.15. The Morgan fingerprint density at radius 3 is 2.47 bits per heavy atom. The minimum Gasteiger partial charge on any atom is -0.468 e. The van der Waals surface area contributed by atoms with Crippen LogP contribution >= 0.6 is 0 Å². The summed E-state index contributed by atoms with van der Waals surface area (Å²) >= 11 is 0. The second-order valence-corrected chi connectivity index (χ2v) is 5.22. The molecular formula is C13H21NO. The Labute approximate surface area is 91.8 Å². The van der Waals surface area contributed by atoms with Gasteiger partial charge in [-0.05, 0) is 49.1 Å². The summed E-state index contributed by atoms with van der Waals surface area (Å²) in [5.41, 5.74) is 6.24. The quantitative estimate of drug-likeness (QED) is 0.807. The highest BCUT2D eigenvalue weighted by atomic mass is 16.3. The van der Waals surface area contributed by atoms with Gasteiger partial charge in [0.25, 0.3) is 0 Å². The van der Waals surface area contributed by atoms with Crippen molar-refractivity contribution in [1.29, 1.82) is 0 Å². The lowest BCUT2D eigenvalue weighted by Crippen LogP contribution is -2.29. The van der Waals surface area contributed by atoms with Crippen molar-refractivity contribution in [2.45, 2.75) is 39.2 Å². The first kappa shape index (κ1) is 10.7. The Morgan fingerprint density at radius 1 is 1.27 bits per heavy atom. The normalized spacial score (nSPS) is 33.9. The van der Waals surface area contributed by atoms with Crippen molar-refractivity contribution in [3.8, 4) is 0 Å². The Hall–Kier alpha value is -0.760. The van der Waals surface area contributed by atoms with Crippen molar-refractivity contribution in [3.63, 3.8) is 0 Å². The van der Waals surface area contributed by atoms with E-state index in [1.807, 2.05) is 12.1 Å². The third-order valence-electron chi connectivity index (χ3n) is 3.59. The molecule has 2 N–H and O–H groups in total. The van der Waals surface area contributed by atoms with Crippen LogP contribution in [0.1, 0.15) is 44.9 Å². The van der Waals surface area contributed by atoms with Gasteiger partial charge in [-0.2, -0.15) is 0 Å². The van der Waals surface area contributed by atoms with E-state index in [0.29, 0.717) is 5.92 Å². The monoisotopic (exact) mass is 207 g/mol. The van der Waals surface area contributed by atoms with Crippen LogP contribution in [0.2, 0.25) is 0 Å². The van der Waals surface area contributed by atoms with Crippen molar-refractivity contribution in [2.75, 3.05) is 0 Å². The molecule has 1 fully saturated rings. The van der Waals surface area contributed by atoms with Crippen LogP contribution < -0.4 is 5.73 Å². The zero-order valence-electron chi connectivity index (χ0n) is 9.65. The van der Waals surface area contributed by atoms with Gasteiger partial charge >= 0.3 is 0 Å². The van der Waals surface area contributed by atoms with Crippen LogP contribution in [0.25, 0.3) is 0 Å². The fourth-order valence-electron chi connectivity index (χ4n) is 3.02. The summed E-state index contributed by atoms with van der Waals surface area (Å²) in [6.45, 7) is 4.66. The molecule has 0 aromatic carbocycles. The summed E-state index contributed by atoms with van der Waals surface area (Å²) < 4.78 is 5.39. The lowest BCUT2D eigenvalue weighted by Gasteiger charge is -2.34. The van der Waals surface area contributed by atoms with E-state index in [-0.39, 0.29) is 6.04 Å². The minimum absolute atomic E-state index is 0.0881. The molecule has 0 saturated heterocycles. The predicted molar refractivity (Wildman–Crippen MR) is 61.3 cm³/mol. The zero-order chi connectivity index (χ0) is 10.8. The first-order chi connectivity index (χ1) is 7.16. The molecule has 0 bridgehead atoms. The molecule has 15 heavy (non-hydrogen) atoms. The molecule has 2 heteroatoms. The van der Waals surface area contributed by atoms with Crippen LogP contribution in [-0.2, 0) is 0 Å². The molecule has 0 amide bonds. The van der Waals surface area contributed by atoms with E-state index in [4.69, 9.17) is 10.2 Å². The molecule has 1 aliphatic rings. The van der Waals surface area contributed by atoms with E-state index < -0.39 is 0 Å². The molecule has 1 aliphatic carbocycles. The lowest BCUT2D eigenvalue weighted by atomic mass is 9.73. The molecule has 1 aromatic heterocycles. The van der Waals surface area contributed by atoms with E-state index in [9.17, 15) is 0 Å². The predicted octanol–water partition coefficient (Wildman–Crippen LogP) is 3.35. The van der Waals surface area contributed by atoms with Gasteiger partial charge in [-0.3, -0.25) is 0 Å². The summed E-state index contributed by atoms with van der Waals surface area (Å²) in [6.07, 6.45) is 5.55. The van der Waals surface area contributed by atoms with E-state index in [0.717, 1.165) is 17.6 Å². The summed E-state index contributed by atoms with van der Waals surface area (Å²) in [6, 6.07) is 4.00.